The van der Waals surface area contributed by atoms with E-state index in [2.05, 4.69) is 10.6 Å². The quantitative estimate of drug-likeness (QED) is 0.777. The molecule has 0 radical (unpaired) electrons. The molecule has 1 aromatic carbocycles. The van der Waals surface area contributed by atoms with Crippen molar-refractivity contribution in [3.63, 3.8) is 0 Å². The average Bonchev–Trinajstić information content (AvgIpc) is 3.15. The van der Waals surface area contributed by atoms with Crippen molar-refractivity contribution in [3.8, 4) is 0 Å². The van der Waals surface area contributed by atoms with Gasteiger partial charge in [-0.05, 0) is 30.5 Å². The lowest BCUT2D eigenvalue weighted by molar-refractivity contribution is -0.122. The van der Waals surface area contributed by atoms with Crippen LogP contribution in [0, 0.1) is 0 Å². The molecule has 1 aromatic rings. The molecule has 2 saturated heterocycles. The summed E-state index contributed by atoms with van der Waals surface area (Å²) in [6.45, 7) is 1.52. The van der Waals surface area contributed by atoms with Crippen molar-refractivity contribution in [2.45, 2.75) is 36.7 Å². The number of piperidine rings is 1. The van der Waals surface area contributed by atoms with Gasteiger partial charge in [0.1, 0.15) is 0 Å². The number of nitrogens with one attached hydrogen (secondary N) is 2. The second kappa shape index (κ2) is 9.23. The minimum atomic E-state index is -3.43. The Bertz CT molecular complexity index is 688. The van der Waals surface area contributed by atoms with E-state index in [1.165, 1.54) is 0 Å². The van der Waals surface area contributed by atoms with Gasteiger partial charge in [0.15, 0.2) is 0 Å². The fourth-order valence-electron chi connectivity index (χ4n) is 2.95. The Kier molecular flexibility index (Phi) is 7.57. The topological polar surface area (TPSA) is 78.5 Å². The third-order valence-corrected chi connectivity index (χ3v) is 7.19. The third kappa shape index (κ3) is 5.10. The molecule has 0 spiro atoms. The van der Waals surface area contributed by atoms with Crippen LogP contribution in [0.25, 0.3) is 0 Å². The van der Waals surface area contributed by atoms with Crippen LogP contribution in [-0.2, 0) is 21.4 Å². The van der Waals surface area contributed by atoms with Crippen LogP contribution in [0.3, 0.4) is 0 Å². The molecule has 1 unspecified atom stereocenters. The van der Waals surface area contributed by atoms with Crippen LogP contribution in [0.5, 0.6) is 0 Å². The molecule has 0 aliphatic carbocycles. The van der Waals surface area contributed by atoms with Gasteiger partial charge in [-0.3, -0.25) is 10.1 Å². The molecule has 6 nitrogen and oxygen atoms in total. The summed E-state index contributed by atoms with van der Waals surface area (Å²) in [4.78, 5) is 12.3. The highest BCUT2D eigenvalue weighted by Crippen LogP contribution is 2.21. The van der Waals surface area contributed by atoms with Crippen LogP contribution in [0.2, 0.25) is 0 Å². The van der Waals surface area contributed by atoms with E-state index < -0.39 is 10.0 Å². The molecule has 1 amide bonds. The summed E-state index contributed by atoms with van der Waals surface area (Å²) in [6.07, 6.45) is 2.92. The van der Waals surface area contributed by atoms with Gasteiger partial charge < -0.3 is 5.32 Å². The van der Waals surface area contributed by atoms with Gasteiger partial charge in [-0.2, -0.15) is 4.31 Å². The molecule has 0 bridgehead atoms. The first kappa shape index (κ1) is 20.5. The zero-order valence-corrected chi connectivity index (χ0v) is 16.4. The fraction of sp³-hybridized carbons (Fsp3) is 0.562. The molecule has 25 heavy (non-hydrogen) atoms. The van der Waals surface area contributed by atoms with Crippen LogP contribution >= 0.6 is 24.2 Å². The number of hydrogen-bond donors (Lipinski definition) is 2. The van der Waals surface area contributed by atoms with Gasteiger partial charge in [0.2, 0.25) is 15.9 Å². The van der Waals surface area contributed by atoms with Gasteiger partial charge in [-0.25, -0.2) is 8.42 Å². The predicted octanol–water partition coefficient (Wildman–Crippen LogP) is 1.56. The van der Waals surface area contributed by atoms with Gasteiger partial charge in [0, 0.05) is 31.3 Å². The maximum Gasteiger partial charge on any atom is 0.243 e. The maximum absolute atomic E-state index is 12.7. The zero-order valence-electron chi connectivity index (χ0n) is 13.9. The molecule has 2 heterocycles. The van der Waals surface area contributed by atoms with Crippen molar-refractivity contribution in [2.24, 2.45) is 0 Å². The van der Waals surface area contributed by atoms with Crippen molar-refractivity contribution in [2.75, 3.05) is 24.7 Å². The lowest BCUT2D eigenvalue weighted by atomic mass is 10.2. The van der Waals surface area contributed by atoms with E-state index in [9.17, 15) is 13.2 Å². The minimum absolute atomic E-state index is 0. The first-order valence-corrected chi connectivity index (χ1v) is 10.8. The van der Waals surface area contributed by atoms with E-state index in [-0.39, 0.29) is 24.4 Å². The van der Waals surface area contributed by atoms with Crippen molar-refractivity contribution in [1.29, 1.82) is 0 Å². The number of hydrogen-bond acceptors (Lipinski definition) is 5. The van der Waals surface area contributed by atoms with Crippen LogP contribution < -0.4 is 10.6 Å². The maximum atomic E-state index is 12.7. The Morgan fingerprint density at radius 2 is 2.04 bits per heavy atom. The largest absolute Gasteiger partial charge is 0.351 e. The molecule has 0 saturated carbocycles. The Morgan fingerprint density at radius 3 is 2.72 bits per heavy atom. The van der Waals surface area contributed by atoms with E-state index >= 15 is 0 Å². The number of amides is 1. The van der Waals surface area contributed by atoms with Gasteiger partial charge >= 0.3 is 0 Å². The normalized spacial score (nSPS) is 21.5. The number of rotatable bonds is 5. The molecule has 3 rings (SSSR count). The smallest absolute Gasteiger partial charge is 0.243 e. The van der Waals surface area contributed by atoms with Gasteiger partial charge in [-0.1, -0.05) is 18.6 Å². The molecule has 2 N–H and O–H groups in total. The summed E-state index contributed by atoms with van der Waals surface area (Å²) in [5, 5.41) is 6.00. The van der Waals surface area contributed by atoms with Crippen LogP contribution in [0.1, 0.15) is 24.8 Å². The Morgan fingerprint density at radius 1 is 1.28 bits per heavy atom. The first-order chi connectivity index (χ1) is 11.6. The summed E-state index contributed by atoms with van der Waals surface area (Å²) in [5.74, 6) is 1.53. The number of nitrogens with zero attached hydrogens (tertiary/aromatic N) is 1. The zero-order chi connectivity index (χ0) is 17.0. The third-order valence-electron chi connectivity index (χ3n) is 4.35. The minimum Gasteiger partial charge on any atom is -0.351 e. The van der Waals surface area contributed by atoms with E-state index in [0.29, 0.717) is 24.5 Å². The molecule has 2 aliphatic heterocycles. The molecule has 140 valence electrons. The molecule has 2 fully saturated rings. The van der Waals surface area contributed by atoms with Crippen molar-refractivity contribution in [1.82, 2.24) is 14.9 Å². The van der Waals surface area contributed by atoms with Crippen LogP contribution in [-0.4, -0.2) is 49.4 Å². The number of benzene rings is 1. The predicted molar refractivity (Wildman–Crippen MR) is 102 cm³/mol. The summed E-state index contributed by atoms with van der Waals surface area (Å²) >= 11 is 1.70. The highest BCUT2D eigenvalue weighted by Gasteiger charge is 2.26. The molecular weight excluding hydrogens is 382 g/mol. The van der Waals surface area contributed by atoms with Crippen molar-refractivity contribution in [3.05, 3.63) is 29.8 Å². The Labute approximate surface area is 159 Å². The summed E-state index contributed by atoms with van der Waals surface area (Å²) in [5.41, 5.74) is 0.798. The van der Waals surface area contributed by atoms with E-state index in [1.54, 1.807) is 34.3 Å². The van der Waals surface area contributed by atoms with E-state index in [0.717, 1.165) is 36.5 Å². The van der Waals surface area contributed by atoms with Crippen LogP contribution in [0.4, 0.5) is 0 Å². The number of carbonyl (C=O) groups is 1. The highest BCUT2D eigenvalue weighted by atomic mass is 35.5. The van der Waals surface area contributed by atoms with Gasteiger partial charge in [-0.15, -0.1) is 24.2 Å². The van der Waals surface area contributed by atoms with E-state index in [1.807, 2.05) is 6.07 Å². The fourth-order valence-corrected chi connectivity index (χ4v) is 5.48. The summed E-state index contributed by atoms with van der Waals surface area (Å²) < 4.78 is 27.0. The lowest BCUT2D eigenvalue weighted by Gasteiger charge is -2.26. The molecule has 0 aromatic heterocycles. The highest BCUT2D eigenvalue weighted by molar-refractivity contribution is 7.99. The average molecular weight is 406 g/mol. The number of thioether (sulfide) groups is 1. The number of halogens is 1. The second-order valence-electron chi connectivity index (χ2n) is 6.10. The molecule has 2 aliphatic rings. The van der Waals surface area contributed by atoms with Crippen molar-refractivity contribution < 1.29 is 13.2 Å². The van der Waals surface area contributed by atoms with E-state index in [4.69, 9.17) is 0 Å². The Balaban J connectivity index is 0.00000225. The monoisotopic (exact) mass is 405 g/mol. The SMILES string of the molecule is Cl.O=C(NCc1cccc(S(=O)(=O)N2CCCCC2)c1)C1CSCN1. The van der Waals surface area contributed by atoms with Crippen molar-refractivity contribution >= 4 is 40.1 Å². The number of sulfonamides is 1. The Hall–Kier alpha value is -0.800. The molecule has 1 atom stereocenters. The lowest BCUT2D eigenvalue weighted by Crippen LogP contribution is -2.41. The summed E-state index contributed by atoms with van der Waals surface area (Å²) in [6, 6.07) is 6.72. The second-order valence-corrected chi connectivity index (χ2v) is 9.07. The first-order valence-electron chi connectivity index (χ1n) is 8.25. The molecule has 9 heteroatoms. The standard InChI is InChI=1S/C16H23N3O3S2.ClH/c20-16(15-11-23-12-18-15)17-10-13-5-4-6-14(9-13)24(21,22)19-7-2-1-3-8-19;/h4-6,9,15,18H,1-3,7-8,10-12H2,(H,17,20);1H. The summed E-state index contributed by atoms with van der Waals surface area (Å²) in [7, 11) is -3.43. The van der Waals surface area contributed by atoms with Crippen LogP contribution in [0.15, 0.2) is 29.2 Å². The molecular formula is C16H24ClN3O3S2. The van der Waals surface area contributed by atoms with Gasteiger partial charge in [0.25, 0.3) is 0 Å². The van der Waals surface area contributed by atoms with Gasteiger partial charge in [0.05, 0.1) is 10.9 Å². The number of carbonyl (C=O) groups excluding carboxylic acids is 1.